The van der Waals surface area contributed by atoms with Crippen molar-refractivity contribution in [3.8, 4) is 0 Å². The van der Waals surface area contributed by atoms with Gasteiger partial charge in [0.25, 0.3) is 0 Å². The molecule has 1 rings (SSSR count). The van der Waals surface area contributed by atoms with Gasteiger partial charge >= 0.3 is 5.97 Å². The second-order valence-electron chi connectivity index (χ2n) is 6.05. The van der Waals surface area contributed by atoms with Crippen LogP contribution in [-0.4, -0.2) is 32.1 Å². The maximum absolute atomic E-state index is 13.0. The first-order valence-electron chi connectivity index (χ1n) is 8.36. The van der Waals surface area contributed by atoms with E-state index in [0.29, 0.717) is 18.6 Å². The van der Waals surface area contributed by atoms with Crippen molar-refractivity contribution in [1.29, 1.82) is 0 Å². The van der Waals surface area contributed by atoms with Crippen LogP contribution in [0.3, 0.4) is 0 Å². The lowest BCUT2D eigenvalue weighted by atomic mass is 9.87. The van der Waals surface area contributed by atoms with Crippen molar-refractivity contribution in [2.75, 3.05) is 20.3 Å². The molecule has 0 saturated heterocycles. The Morgan fingerprint density at radius 3 is 2.25 bits per heavy atom. The second kappa shape index (κ2) is 10.2. The number of hydrogen-bond acceptors (Lipinski definition) is 5. The molecule has 0 aliphatic rings. The van der Waals surface area contributed by atoms with E-state index in [0.717, 1.165) is 29.5 Å². The van der Waals surface area contributed by atoms with Crippen LogP contribution in [-0.2, 0) is 19.3 Å². The van der Waals surface area contributed by atoms with Crippen molar-refractivity contribution in [2.24, 2.45) is 5.92 Å². The number of ketones is 1. The number of Topliss-reactive ketones (excluding diaryl/α,β-unsaturated/α-hetero) is 1. The molecule has 1 aromatic rings. The van der Waals surface area contributed by atoms with Gasteiger partial charge in [0.15, 0.2) is 5.78 Å². The number of hydrogen-bond donors (Lipinski definition) is 0. The van der Waals surface area contributed by atoms with Crippen molar-refractivity contribution in [1.82, 2.24) is 0 Å². The minimum absolute atomic E-state index is 0.138. The third-order valence-corrected chi connectivity index (χ3v) is 3.88. The number of rotatable bonds is 10. The molecular weight excluding hydrogens is 308 g/mol. The summed E-state index contributed by atoms with van der Waals surface area (Å²) < 4.78 is 4.83. The van der Waals surface area contributed by atoms with Gasteiger partial charge in [0.05, 0.1) is 6.61 Å². The van der Waals surface area contributed by atoms with Crippen LogP contribution in [0.1, 0.15) is 53.2 Å². The van der Waals surface area contributed by atoms with E-state index in [2.05, 4.69) is 0 Å². The molecule has 1 atom stereocenters. The summed E-state index contributed by atoms with van der Waals surface area (Å²) in [5.41, 5.74) is 3.46. The zero-order chi connectivity index (χ0) is 18.1. The highest BCUT2D eigenvalue weighted by molar-refractivity contribution is 6.10. The van der Waals surface area contributed by atoms with Gasteiger partial charge in [-0.1, -0.05) is 37.5 Å². The summed E-state index contributed by atoms with van der Waals surface area (Å²) in [5, 5.41) is 0. The van der Waals surface area contributed by atoms with Crippen molar-refractivity contribution < 1.29 is 24.1 Å². The molecule has 24 heavy (non-hydrogen) atoms. The molecule has 5 heteroatoms. The van der Waals surface area contributed by atoms with Gasteiger partial charge in [-0.25, -0.2) is 4.79 Å². The van der Waals surface area contributed by atoms with E-state index in [1.54, 1.807) is 0 Å². The number of carbonyl (C=O) groups excluding carboxylic acids is 2. The standard InChI is InChI=1S/C19H28O5/c1-6-7-8-16(19(21)24-23-10-9-22-5)18(20)17-14(3)11-13(2)12-15(17)4/h11-12,16H,6-10H2,1-5H3. The minimum Gasteiger partial charge on any atom is -0.382 e. The molecule has 0 fully saturated rings. The van der Waals surface area contributed by atoms with Crippen molar-refractivity contribution in [3.05, 3.63) is 34.4 Å². The molecule has 0 aromatic heterocycles. The van der Waals surface area contributed by atoms with E-state index in [1.807, 2.05) is 39.8 Å². The predicted molar refractivity (Wildman–Crippen MR) is 91.9 cm³/mol. The van der Waals surface area contributed by atoms with Gasteiger partial charge in [-0.3, -0.25) is 9.68 Å². The lowest BCUT2D eigenvalue weighted by molar-refractivity contribution is -0.278. The first-order valence-corrected chi connectivity index (χ1v) is 8.36. The van der Waals surface area contributed by atoms with Gasteiger partial charge in [-0.2, -0.15) is 4.89 Å². The van der Waals surface area contributed by atoms with Crippen LogP contribution >= 0.6 is 0 Å². The number of methoxy groups -OCH3 is 1. The average molecular weight is 336 g/mol. The fourth-order valence-corrected chi connectivity index (χ4v) is 2.78. The molecule has 1 aromatic carbocycles. The number of benzene rings is 1. The molecule has 0 saturated carbocycles. The molecule has 0 aliphatic carbocycles. The molecule has 0 N–H and O–H groups in total. The normalized spacial score (nSPS) is 12.0. The molecule has 0 spiro atoms. The second-order valence-corrected chi connectivity index (χ2v) is 6.05. The third kappa shape index (κ3) is 5.73. The highest BCUT2D eigenvalue weighted by Gasteiger charge is 2.31. The summed E-state index contributed by atoms with van der Waals surface area (Å²) in [6, 6.07) is 3.91. The number of carbonyl (C=O) groups is 2. The van der Waals surface area contributed by atoms with E-state index in [1.165, 1.54) is 7.11 Å². The third-order valence-electron chi connectivity index (χ3n) is 3.88. The van der Waals surface area contributed by atoms with E-state index >= 15 is 0 Å². The summed E-state index contributed by atoms with van der Waals surface area (Å²) in [6.07, 6.45) is 2.12. The molecule has 0 bridgehead atoms. The number of unbranched alkanes of at least 4 members (excludes halogenated alkanes) is 1. The van der Waals surface area contributed by atoms with E-state index < -0.39 is 11.9 Å². The predicted octanol–water partition coefficient (Wildman–Crippen LogP) is 3.72. The van der Waals surface area contributed by atoms with Crippen LogP contribution < -0.4 is 0 Å². The van der Waals surface area contributed by atoms with E-state index in [9.17, 15) is 9.59 Å². The van der Waals surface area contributed by atoms with Crippen LogP contribution in [0.5, 0.6) is 0 Å². The Kier molecular flexibility index (Phi) is 8.65. The first kappa shape index (κ1) is 20.3. The molecule has 134 valence electrons. The highest BCUT2D eigenvalue weighted by atomic mass is 17.2. The summed E-state index contributed by atoms with van der Waals surface area (Å²) in [5.74, 6) is -1.67. The number of ether oxygens (including phenoxy) is 1. The summed E-state index contributed by atoms with van der Waals surface area (Å²) in [7, 11) is 1.53. The van der Waals surface area contributed by atoms with Crippen molar-refractivity contribution >= 4 is 11.8 Å². The molecule has 0 radical (unpaired) electrons. The lowest BCUT2D eigenvalue weighted by Crippen LogP contribution is -2.28. The minimum atomic E-state index is -0.840. The highest BCUT2D eigenvalue weighted by Crippen LogP contribution is 2.24. The molecular formula is C19H28O5. The lowest BCUT2D eigenvalue weighted by Gasteiger charge is -2.17. The largest absolute Gasteiger partial charge is 0.382 e. The van der Waals surface area contributed by atoms with Crippen LogP contribution in [0.25, 0.3) is 0 Å². The molecule has 0 aliphatic heterocycles. The molecule has 0 amide bonds. The Morgan fingerprint density at radius 2 is 1.71 bits per heavy atom. The monoisotopic (exact) mass is 336 g/mol. The van der Waals surface area contributed by atoms with Crippen LogP contribution in [0.15, 0.2) is 12.1 Å². The van der Waals surface area contributed by atoms with Crippen LogP contribution in [0.4, 0.5) is 0 Å². The quantitative estimate of drug-likeness (QED) is 0.214. The molecule has 5 nitrogen and oxygen atoms in total. The zero-order valence-electron chi connectivity index (χ0n) is 15.3. The fraction of sp³-hybridized carbons (Fsp3) is 0.579. The Labute approximate surface area is 144 Å². The van der Waals surface area contributed by atoms with Gasteiger partial charge in [0.1, 0.15) is 12.5 Å². The Hall–Kier alpha value is -1.72. The van der Waals surface area contributed by atoms with Crippen molar-refractivity contribution in [2.45, 2.75) is 47.0 Å². The smallest absolute Gasteiger partial charge is 0.353 e. The first-order chi connectivity index (χ1) is 11.4. The van der Waals surface area contributed by atoms with E-state index in [4.69, 9.17) is 14.5 Å². The number of aryl methyl sites for hydroxylation is 3. The van der Waals surface area contributed by atoms with Gasteiger partial charge in [-0.15, -0.1) is 0 Å². The molecule has 0 heterocycles. The topological polar surface area (TPSA) is 61.8 Å². The Balaban J connectivity index is 2.94. The fourth-order valence-electron chi connectivity index (χ4n) is 2.78. The van der Waals surface area contributed by atoms with Gasteiger partial charge in [0.2, 0.25) is 0 Å². The zero-order valence-corrected chi connectivity index (χ0v) is 15.3. The maximum Gasteiger partial charge on any atom is 0.353 e. The summed E-state index contributed by atoms with van der Waals surface area (Å²) in [6.45, 7) is 8.25. The van der Waals surface area contributed by atoms with Gasteiger partial charge in [-0.05, 0) is 38.3 Å². The van der Waals surface area contributed by atoms with Crippen LogP contribution in [0.2, 0.25) is 0 Å². The summed E-state index contributed by atoms with van der Waals surface area (Å²) in [4.78, 5) is 34.9. The maximum atomic E-state index is 13.0. The van der Waals surface area contributed by atoms with Gasteiger partial charge in [0, 0.05) is 12.7 Å². The van der Waals surface area contributed by atoms with Crippen LogP contribution in [0, 0.1) is 26.7 Å². The average Bonchev–Trinajstić information content (AvgIpc) is 2.51. The summed E-state index contributed by atoms with van der Waals surface area (Å²) >= 11 is 0. The Morgan fingerprint density at radius 1 is 1.08 bits per heavy atom. The Bertz CT molecular complexity index is 542. The van der Waals surface area contributed by atoms with Crippen molar-refractivity contribution in [3.63, 3.8) is 0 Å². The molecule has 1 unspecified atom stereocenters. The SMILES string of the molecule is CCCCC(C(=O)OOCCOC)C(=O)c1c(C)cc(C)cc1C. The van der Waals surface area contributed by atoms with Gasteiger partial charge < -0.3 is 4.74 Å². The van der Waals surface area contributed by atoms with E-state index in [-0.39, 0.29) is 12.4 Å².